The fraction of sp³-hybridized carbons (Fsp3) is 0.583. The maximum atomic E-state index is 11.7. The van der Waals surface area contributed by atoms with Gasteiger partial charge in [-0.05, 0) is 18.9 Å². The molecule has 16 heavy (non-hydrogen) atoms. The van der Waals surface area contributed by atoms with Crippen molar-refractivity contribution in [3.63, 3.8) is 0 Å². The van der Waals surface area contributed by atoms with E-state index in [2.05, 4.69) is 5.32 Å². The van der Waals surface area contributed by atoms with Crippen molar-refractivity contribution >= 4 is 5.91 Å². The monoisotopic (exact) mass is 222 g/mol. The van der Waals surface area contributed by atoms with Gasteiger partial charge in [0.25, 0.3) is 0 Å². The maximum Gasteiger partial charge on any atom is 0.223 e. The number of furan rings is 1. The largest absolute Gasteiger partial charge is 0.472 e. The molecule has 1 aromatic heterocycles. The average Bonchev–Trinajstić information content (AvgIpc) is 2.96. The number of amides is 1. The molecule has 0 atom stereocenters. The van der Waals surface area contributed by atoms with Crippen molar-refractivity contribution in [2.45, 2.75) is 25.8 Å². The van der Waals surface area contributed by atoms with E-state index in [0.29, 0.717) is 6.42 Å². The SMILES string of the molecule is O=C(CCNCc1ccoc1)N1CCCC1. The number of nitrogens with zero attached hydrogens (tertiary/aromatic N) is 1. The molecule has 1 aliphatic heterocycles. The minimum atomic E-state index is 0.275. The molecule has 0 radical (unpaired) electrons. The summed E-state index contributed by atoms with van der Waals surface area (Å²) in [6.45, 7) is 3.39. The van der Waals surface area contributed by atoms with E-state index in [4.69, 9.17) is 4.42 Å². The van der Waals surface area contributed by atoms with Crippen LogP contribution in [0.4, 0.5) is 0 Å². The lowest BCUT2D eigenvalue weighted by atomic mass is 10.3. The summed E-state index contributed by atoms with van der Waals surface area (Å²) in [6.07, 6.45) is 6.29. The summed E-state index contributed by atoms with van der Waals surface area (Å²) in [5.74, 6) is 0.275. The molecule has 1 fully saturated rings. The van der Waals surface area contributed by atoms with Gasteiger partial charge in [0.05, 0.1) is 12.5 Å². The molecular formula is C12H18N2O2. The number of nitrogens with one attached hydrogen (secondary N) is 1. The van der Waals surface area contributed by atoms with Gasteiger partial charge in [-0.25, -0.2) is 0 Å². The highest BCUT2D eigenvalue weighted by atomic mass is 16.3. The molecule has 1 saturated heterocycles. The topological polar surface area (TPSA) is 45.5 Å². The van der Waals surface area contributed by atoms with E-state index in [1.54, 1.807) is 12.5 Å². The van der Waals surface area contributed by atoms with E-state index in [-0.39, 0.29) is 5.91 Å². The highest BCUT2D eigenvalue weighted by Crippen LogP contribution is 2.08. The first-order valence-electron chi connectivity index (χ1n) is 5.86. The zero-order chi connectivity index (χ0) is 11.2. The zero-order valence-corrected chi connectivity index (χ0v) is 9.45. The molecule has 2 rings (SSSR count). The Morgan fingerprint density at radius 2 is 2.25 bits per heavy atom. The highest BCUT2D eigenvalue weighted by Gasteiger charge is 2.16. The second-order valence-corrected chi connectivity index (χ2v) is 4.15. The quantitative estimate of drug-likeness (QED) is 0.766. The van der Waals surface area contributed by atoms with Crippen LogP contribution in [0.2, 0.25) is 0 Å². The van der Waals surface area contributed by atoms with Crippen LogP contribution in [0.5, 0.6) is 0 Å². The summed E-state index contributed by atoms with van der Waals surface area (Å²) in [5.41, 5.74) is 1.12. The summed E-state index contributed by atoms with van der Waals surface area (Å²) in [4.78, 5) is 13.6. The zero-order valence-electron chi connectivity index (χ0n) is 9.45. The number of likely N-dealkylation sites (tertiary alicyclic amines) is 1. The molecule has 1 amide bonds. The smallest absolute Gasteiger partial charge is 0.223 e. The summed E-state index contributed by atoms with van der Waals surface area (Å²) in [6, 6.07) is 1.93. The molecule has 0 aliphatic carbocycles. The van der Waals surface area contributed by atoms with Crippen LogP contribution in [0.25, 0.3) is 0 Å². The van der Waals surface area contributed by atoms with Crippen molar-refractivity contribution in [3.8, 4) is 0 Å². The molecule has 0 aromatic carbocycles. The number of hydrogen-bond acceptors (Lipinski definition) is 3. The third-order valence-electron chi connectivity index (χ3n) is 2.88. The minimum absolute atomic E-state index is 0.275. The molecular weight excluding hydrogens is 204 g/mol. The van der Waals surface area contributed by atoms with Gasteiger partial charge in [0.1, 0.15) is 0 Å². The first-order chi connectivity index (χ1) is 7.86. The molecule has 0 bridgehead atoms. The van der Waals surface area contributed by atoms with Crippen LogP contribution in [0, 0.1) is 0 Å². The lowest BCUT2D eigenvalue weighted by molar-refractivity contribution is -0.130. The van der Waals surface area contributed by atoms with E-state index in [0.717, 1.165) is 44.6 Å². The minimum Gasteiger partial charge on any atom is -0.472 e. The van der Waals surface area contributed by atoms with Crippen molar-refractivity contribution in [1.82, 2.24) is 10.2 Å². The van der Waals surface area contributed by atoms with Crippen LogP contribution < -0.4 is 5.32 Å². The van der Waals surface area contributed by atoms with E-state index < -0.39 is 0 Å². The number of hydrogen-bond donors (Lipinski definition) is 1. The molecule has 4 nitrogen and oxygen atoms in total. The lowest BCUT2D eigenvalue weighted by Gasteiger charge is -2.14. The van der Waals surface area contributed by atoms with Crippen molar-refractivity contribution in [3.05, 3.63) is 24.2 Å². The van der Waals surface area contributed by atoms with E-state index >= 15 is 0 Å². The van der Waals surface area contributed by atoms with E-state index in [1.807, 2.05) is 11.0 Å². The van der Waals surface area contributed by atoms with Crippen molar-refractivity contribution in [2.75, 3.05) is 19.6 Å². The Morgan fingerprint density at radius 1 is 1.44 bits per heavy atom. The summed E-state index contributed by atoms with van der Waals surface area (Å²) >= 11 is 0. The lowest BCUT2D eigenvalue weighted by Crippen LogP contribution is -2.30. The van der Waals surface area contributed by atoms with Gasteiger partial charge >= 0.3 is 0 Å². The molecule has 88 valence electrons. The van der Waals surface area contributed by atoms with Gasteiger partial charge in [-0.15, -0.1) is 0 Å². The first kappa shape index (κ1) is 11.2. The predicted molar refractivity (Wildman–Crippen MR) is 60.8 cm³/mol. The third-order valence-corrected chi connectivity index (χ3v) is 2.88. The fourth-order valence-electron chi connectivity index (χ4n) is 1.95. The summed E-state index contributed by atoms with van der Waals surface area (Å²) < 4.78 is 4.96. The van der Waals surface area contributed by atoms with Gasteiger partial charge in [-0.3, -0.25) is 4.79 Å². The Kier molecular flexibility index (Phi) is 3.99. The molecule has 1 N–H and O–H groups in total. The van der Waals surface area contributed by atoms with Crippen LogP contribution in [-0.4, -0.2) is 30.4 Å². The Balaban J connectivity index is 1.59. The van der Waals surface area contributed by atoms with Crippen LogP contribution in [0.1, 0.15) is 24.8 Å². The molecule has 0 saturated carbocycles. The van der Waals surface area contributed by atoms with Gasteiger partial charge < -0.3 is 14.6 Å². The standard InChI is InChI=1S/C12H18N2O2/c15-12(14-6-1-2-7-14)3-5-13-9-11-4-8-16-10-11/h4,8,10,13H,1-3,5-7,9H2. The normalized spacial score (nSPS) is 15.6. The second kappa shape index (κ2) is 5.70. The molecule has 2 heterocycles. The van der Waals surface area contributed by atoms with Crippen LogP contribution in [0.3, 0.4) is 0 Å². The first-order valence-corrected chi connectivity index (χ1v) is 5.86. The molecule has 4 heteroatoms. The average molecular weight is 222 g/mol. The number of carbonyl (C=O) groups is 1. The van der Waals surface area contributed by atoms with Gasteiger partial charge in [0.15, 0.2) is 0 Å². The Morgan fingerprint density at radius 3 is 2.94 bits per heavy atom. The van der Waals surface area contributed by atoms with Gasteiger partial charge in [0, 0.05) is 38.2 Å². The Hall–Kier alpha value is -1.29. The van der Waals surface area contributed by atoms with Gasteiger partial charge in [0.2, 0.25) is 5.91 Å². The van der Waals surface area contributed by atoms with Crippen molar-refractivity contribution in [2.24, 2.45) is 0 Å². The van der Waals surface area contributed by atoms with Crippen LogP contribution >= 0.6 is 0 Å². The summed E-state index contributed by atoms with van der Waals surface area (Å²) in [7, 11) is 0. The summed E-state index contributed by atoms with van der Waals surface area (Å²) in [5, 5.41) is 3.23. The third kappa shape index (κ3) is 3.10. The molecule has 0 spiro atoms. The Bertz CT molecular complexity index is 316. The fourth-order valence-corrected chi connectivity index (χ4v) is 1.95. The predicted octanol–water partition coefficient (Wildman–Crippen LogP) is 1.38. The van der Waals surface area contributed by atoms with Crippen molar-refractivity contribution in [1.29, 1.82) is 0 Å². The van der Waals surface area contributed by atoms with E-state index in [9.17, 15) is 4.79 Å². The highest BCUT2D eigenvalue weighted by molar-refractivity contribution is 5.76. The molecule has 0 unspecified atom stereocenters. The molecule has 1 aromatic rings. The second-order valence-electron chi connectivity index (χ2n) is 4.15. The Labute approximate surface area is 95.6 Å². The number of carbonyl (C=O) groups excluding carboxylic acids is 1. The maximum absolute atomic E-state index is 11.7. The van der Waals surface area contributed by atoms with Gasteiger partial charge in [-0.1, -0.05) is 0 Å². The van der Waals surface area contributed by atoms with Gasteiger partial charge in [-0.2, -0.15) is 0 Å². The molecule has 1 aliphatic rings. The van der Waals surface area contributed by atoms with Crippen LogP contribution in [0.15, 0.2) is 23.0 Å². The van der Waals surface area contributed by atoms with E-state index in [1.165, 1.54) is 0 Å². The van der Waals surface area contributed by atoms with Crippen molar-refractivity contribution < 1.29 is 9.21 Å². The number of rotatable bonds is 5. The van der Waals surface area contributed by atoms with Crippen LogP contribution in [-0.2, 0) is 11.3 Å².